The van der Waals surface area contributed by atoms with Crippen molar-refractivity contribution in [2.75, 3.05) is 11.4 Å². The first-order valence-electron chi connectivity index (χ1n) is 4.69. The Labute approximate surface area is 83.3 Å². The quantitative estimate of drug-likeness (QED) is 0.726. The summed E-state index contributed by atoms with van der Waals surface area (Å²) in [6.45, 7) is 4.18. The van der Waals surface area contributed by atoms with Gasteiger partial charge in [-0.3, -0.25) is 4.79 Å². The van der Waals surface area contributed by atoms with Crippen LogP contribution in [0.2, 0.25) is 0 Å². The molecule has 0 radical (unpaired) electrons. The second-order valence-electron chi connectivity index (χ2n) is 3.15. The Morgan fingerprint density at radius 3 is 2.36 bits per heavy atom. The Kier molecular flexibility index (Phi) is 3.63. The van der Waals surface area contributed by atoms with E-state index in [0.717, 1.165) is 12.1 Å². The highest BCUT2D eigenvalue weighted by molar-refractivity contribution is 5.91. The number of benzene rings is 1. The Morgan fingerprint density at radius 2 is 1.93 bits per heavy atom. The molecule has 14 heavy (non-hydrogen) atoms. The van der Waals surface area contributed by atoms with Crippen molar-refractivity contribution in [1.82, 2.24) is 0 Å². The maximum absolute atomic E-state index is 12.6. The number of carbonyl (C=O) groups is 1. The summed E-state index contributed by atoms with van der Waals surface area (Å²) in [7, 11) is 0. The highest BCUT2D eigenvalue weighted by Gasteiger charge is 2.09. The third kappa shape index (κ3) is 2.55. The molecule has 0 heterocycles. The Bertz CT molecular complexity index is 308. The molecule has 0 aliphatic carbocycles. The molecule has 0 spiro atoms. The molecule has 2 nitrogen and oxygen atoms in total. The lowest BCUT2D eigenvalue weighted by Crippen LogP contribution is -2.28. The largest absolute Gasteiger partial charge is 0.313 e. The highest BCUT2D eigenvalue weighted by atomic mass is 19.1. The van der Waals surface area contributed by atoms with Gasteiger partial charge in [0, 0.05) is 19.2 Å². The van der Waals surface area contributed by atoms with Crippen LogP contribution in [-0.4, -0.2) is 12.5 Å². The van der Waals surface area contributed by atoms with Crippen LogP contribution in [0.15, 0.2) is 24.3 Å². The topological polar surface area (TPSA) is 20.3 Å². The zero-order chi connectivity index (χ0) is 10.6. The molecule has 1 rings (SSSR count). The minimum atomic E-state index is -0.284. The average Bonchev–Trinajstić information content (AvgIpc) is 2.15. The molecule has 1 aromatic rings. The molecule has 0 aliphatic rings. The number of rotatable bonds is 3. The van der Waals surface area contributed by atoms with Crippen molar-refractivity contribution in [2.24, 2.45) is 0 Å². The summed E-state index contributed by atoms with van der Waals surface area (Å²) < 4.78 is 12.6. The Hall–Kier alpha value is -1.38. The van der Waals surface area contributed by atoms with Crippen LogP contribution in [0.1, 0.15) is 20.3 Å². The molecule has 0 N–H and O–H groups in total. The number of carbonyl (C=O) groups excluding carboxylic acids is 1. The maximum Gasteiger partial charge on any atom is 0.223 e. The minimum Gasteiger partial charge on any atom is -0.313 e. The minimum absolute atomic E-state index is 0.0153. The molecule has 3 heteroatoms. The van der Waals surface area contributed by atoms with Crippen molar-refractivity contribution >= 4 is 11.6 Å². The van der Waals surface area contributed by atoms with E-state index in [-0.39, 0.29) is 11.7 Å². The molecule has 1 amide bonds. The summed E-state index contributed by atoms with van der Waals surface area (Å²) in [5.41, 5.74) is 0.751. The fourth-order valence-corrected chi connectivity index (χ4v) is 1.31. The van der Waals surface area contributed by atoms with E-state index in [0.29, 0.717) is 6.54 Å². The van der Waals surface area contributed by atoms with Gasteiger partial charge in [-0.2, -0.15) is 0 Å². The van der Waals surface area contributed by atoms with E-state index in [4.69, 9.17) is 0 Å². The number of nitrogens with zero attached hydrogens (tertiary/aromatic N) is 1. The average molecular weight is 195 g/mol. The van der Waals surface area contributed by atoms with Crippen LogP contribution in [0.3, 0.4) is 0 Å². The van der Waals surface area contributed by atoms with Gasteiger partial charge in [0.1, 0.15) is 5.82 Å². The van der Waals surface area contributed by atoms with E-state index in [1.807, 2.05) is 6.92 Å². The molecular weight excluding hydrogens is 181 g/mol. The summed E-state index contributed by atoms with van der Waals surface area (Å²) in [5.74, 6) is -0.299. The van der Waals surface area contributed by atoms with Crippen LogP contribution >= 0.6 is 0 Å². The van der Waals surface area contributed by atoms with E-state index < -0.39 is 0 Å². The van der Waals surface area contributed by atoms with E-state index in [1.54, 1.807) is 17.0 Å². The zero-order valence-electron chi connectivity index (χ0n) is 8.46. The van der Waals surface area contributed by atoms with Crippen molar-refractivity contribution in [3.63, 3.8) is 0 Å². The van der Waals surface area contributed by atoms with E-state index >= 15 is 0 Å². The molecule has 0 aromatic heterocycles. The number of hydrogen-bond acceptors (Lipinski definition) is 1. The lowest BCUT2D eigenvalue weighted by molar-refractivity contribution is -0.116. The van der Waals surface area contributed by atoms with Gasteiger partial charge in [-0.1, -0.05) is 6.92 Å². The summed E-state index contributed by atoms with van der Waals surface area (Å²) in [6, 6.07) is 5.96. The number of amides is 1. The molecule has 0 saturated carbocycles. The van der Waals surface area contributed by atoms with Gasteiger partial charge >= 0.3 is 0 Å². The van der Waals surface area contributed by atoms with Gasteiger partial charge in [-0.05, 0) is 30.7 Å². The van der Waals surface area contributed by atoms with Crippen LogP contribution in [-0.2, 0) is 4.79 Å². The molecule has 0 atom stereocenters. The van der Waals surface area contributed by atoms with Gasteiger partial charge in [0.25, 0.3) is 0 Å². The number of anilines is 1. The number of hydrogen-bond donors (Lipinski definition) is 0. The molecule has 0 fully saturated rings. The van der Waals surface area contributed by atoms with Gasteiger partial charge in [-0.15, -0.1) is 0 Å². The molecule has 1 aromatic carbocycles. The van der Waals surface area contributed by atoms with Gasteiger partial charge in [0.2, 0.25) is 5.91 Å². The van der Waals surface area contributed by atoms with Crippen LogP contribution in [0.4, 0.5) is 10.1 Å². The molecule has 0 aliphatic heterocycles. The standard InChI is InChI=1S/C11H14FNO/c1-3-8-13(9(2)14)11-6-4-10(12)5-7-11/h4-7H,3,8H2,1-2H3. The van der Waals surface area contributed by atoms with E-state index in [1.165, 1.54) is 19.1 Å². The highest BCUT2D eigenvalue weighted by Crippen LogP contribution is 2.15. The fourth-order valence-electron chi connectivity index (χ4n) is 1.31. The first kappa shape index (κ1) is 10.7. The second-order valence-corrected chi connectivity index (χ2v) is 3.15. The lowest BCUT2D eigenvalue weighted by atomic mass is 10.2. The monoisotopic (exact) mass is 195 g/mol. The predicted octanol–water partition coefficient (Wildman–Crippen LogP) is 2.59. The summed E-state index contributed by atoms with van der Waals surface area (Å²) in [4.78, 5) is 12.9. The van der Waals surface area contributed by atoms with Crippen LogP contribution < -0.4 is 4.90 Å². The lowest BCUT2D eigenvalue weighted by Gasteiger charge is -2.20. The number of halogens is 1. The first-order chi connectivity index (χ1) is 6.65. The first-order valence-corrected chi connectivity index (χ1v) is 4.69. The second kappa shape index (κ2) is 4.74. The van der Waals surface area contributed by atoms with Crippen molar-refractivity contribution in [3.05, 3.63) is 30.1 Å². The smallest absolute Gasteiger partial charge is 0.223 e. The van der Waals surface area contributed by atoms with E-state index in [9.17, 15) is 9.18 Å². The van der Waals surface area contributed by atoms with Crippen LogP contribution in [0.5, 0.6) is 0 Å². The molecule has 0 saturated heterocycles. The van der Waals surface area contributed by atoms with Gasteiger partial charge in [0.05, 0.1) is 0 Å². The van der Waals surface area contributed by atoms with Crippen LogP contribution in [0, 0.1) is 5.82 Å². The predicted molar refractivity (Wildman–Crippen MR) is 54.7 cm³/mol. The van der Waals surface area contributed by atoms with Crippen molar-refractivity contribution in [1.29, 1.82) is 0 Å². The fraction of sp³-hybridized carbons (Fsp3) is 0.364. The van der Waals surface area contributed by atoms with Crippen molar-refractivity contribution in [2.45, 2.75) is 20.3 Å². The molecule has 0 bridgehead atoms. The van der Waals surface area contributed by atoms with E-state index in [2.05, 4.69) is 0 Å². The third-order valence-electron chi connectivity index (χ3n) is 1.97. The Morgan fingerprint density at radius 1 is 1.36 bits per heavy atom. The zero-order valence-corrected chi connectivity index (χ0v) is 8.46. The van der Waals surface area contributed by atoms with Gasteiger partial charge in [0.15, 0.2) is 0 Å². The third-order valence-corrected chi connectivity index (χ3v) is 1.97. The Balaban J connectivity index is 2.87. The maximum atomic E-state index is 12.6. The SMILES string of the molecule is CCCN(C(C)=O)c1ccc(F)cc1. The summed E-state index contributed by atoms with van der Waals surface area (Å²) >= 11 is 0. The molecule has 0 unspecified atom stereocenters. The molecular formula is C11H14FNO. The normalized spacial score (nSPS) is 9.93. The van der Waals surface area contributed by atoms with Crippen LogP contribution in [0.25, 0.3) is 0 Å². The summed E-state index contributed by atoms with van der Waals surface area (Å²) in [6.07, 6.45) is 0.886. The molecule has 76 valence electrons. The van der Waals surface area contributed by atoms with Crippen molar-refractivity contribution in [3.8, 4) is 0 Å². The summed E-state index contributed by atoms with van der Waals surface area (Å²) in [5, 5.41) is 0. The van der Waals surface area contributed by atoms with Crippen molar-refractivity contribution < 1.29 is 9.18 Å². The van der Waals surface area contributed by atoms with Gasteiger partial charge < -0.3 is 4.90 Å². The van der Waals surface area contributed by atoms with Gasteiger partial charge in [-0.25, -0.2) is 4.39 Å².